The van der Waals surface area contributed by atoms with Crippen molar-refractivity contribution in [3.05, 3.63) is 29.8 Å². The number of hydrogen-bond donors (Lipinski definition) is 3. The maximum Gasteiger partial charge on any atom is 0.315 e. The van der Waals surface area contributed by atoms with E-state index in [0.29, 0.717) is 5.92 Å². The number of halogens is 2. The summed E-state index contributed by atoms with van der Waals surface area (Å²) in [5, 5.41) is 14.6. The van der Waals surface area contributed by atoms with Crippen molar-refractivity contribution < 1.29 is 23.4 Å². The molecule has 1 fully saturated rings. The van der Waals surface area contributed by atoms with Gasteiger partial charge in [-0.25, -0.2) is 13.6 Å². The summed E-state index contributed by atoms with van der Waals surface area (Å²) >= 11 is 0. The Balaban J connectivity index is 1.61. The maximum absolute atomic E-state index is 13.3. The predicted octanol–water partition coefficient (Wildman–Crippen LogP) is 2.19. The van der Waals surface area contributed by atoms with Crippen molar-refractivity contribution in [2.45, 2.75) is 31.7 Å². The number of nitrogens with one attached hydrogen (secondary N) is 2. The van der Waals surface area contributed by atoms with Gasteiger partial charge in [0.05, 0.1) is 6.54 Å². The van der Waals surface area contributed by atoms with Crippen molar-refractivity contribution in [3.8, 4) is 5.75 Å². The Bertz CT molecular complexity index is 520. The molecular formula is C16H22F2N2O3. The Labute approximate surface area is 134 Å². The van der Waals surface area contributed by atoms with Gasteiger partial charge in [0.25, 0.3) is 0 Å². The minimum Gasteiger partial charge on any atom is -0.489 e. The highest BCUT2D eigenvalue weighted by molar-refractivity contribution is 5.74. The van der Waals surface area contributed by atoms with E-state index in [-0.39, 0.29) is 37.6 Å². The van der Waals surface area contributed by atoms with Gasteiger partial charge in [-0.2, -0.15) is 0 Å². The summed E-state index contributed by atoms with van der Waals surface area (Å²) in [6.07, 6.45) is 3.54. The molecule has 0 aromatic heterocycles. The fourth-order valence-corrected chi connectivity index (χ4v) is 2.64. The fraction of sp³-hybridized carbons (Fsp3) is 0.562. The first-order valence-corrected chi connectivity index (χ1v) is 7.81. The predicted molar refractivity (Wildman–Crippen MR) is 81.2 cm³/mol. The first kappa shape index (κ1) is 17.5. The van der Waals surface area contributed by atoms with E-state index in [1.54, 1.807) is 0 Å². The van der Waals surface area contributed by atoms with E-state index < -0.39 is 11.6 Å². The molecule has 0 unspecified atom stereocenters. The Hall–Kier alpha value is -1.89. The highest BCUT2D eigenvalue weighted by Crippen LogP contribution is 2.23. The molecule has 1 aliphatic rings. The third-order valence-corrected chi connectivity index (χ3v) is 3.98. The third kappa shape index (κ3) is 5.67. The first-order valence-electron chi connectivity index (χ1n) is 7.81. The summed E-state index contributed by atoms with van der Waals surface area (Å²) < 4.78 is 31.2. The zero-order valence-corrected chi connectivity index (χ0v) is 12.9. The summed E-state index contributed by atoms with van der Waals surface area (Å²) in [7, 11) is 0. The van der Waals surface area contributed by atoms with Crippen LogP contribution < -0.4 is 15.4 Å². The number of rotatable bonds is 6. The molecule has 23 heavy (non-hydrogen) atoms. The molecule has 0 saturated heterocycles. The van der Waals surface area contributed by atoms with Crippen LogP contribution >= 0.6 is 0 Å². The first-order chi connectivity index (χ1) is 11.1. The number of carbonyl (C=O) groups excluding carboxylic acids is 1. The van der Waals surface area contributed by atoms with Crippen molar-refractivity contribution in [1.29, 1.82) is 0 Å². The lowest BCUT2D eigenvalue weighted by Crippen LogP contribution is -2.44. The van der Waals surface area contributed by atoms with Crippen molar-refractivity contribution >= 4 is 6.03 Å². The minimum atomic E-state index is -0.768. The van der Waals surface area contributed by atoms with Crippen LogP contribution in [0.5, 0.6) is 5.75 Å². The number of aliphatic hydroxyl groups excluding tert-OH is 1. The van der Waals surface area contributed by atoms with Gasteiger partial charge in [0.1, 0.15) is 12.4 Å². The average Bonchev–Trinajstić information content (AvgIpc) is 2.54. The molecule has 2 rings (SSSR count). The zero-order valence-electron chi connectivity index (χ0n) is 12.9. The van der Waals surface area contributed by atoms with Crippen LogP contribution in [0, 0.1) is 17.6 Å². The lowest BCUT2D eigenvalue weighted by molar-refractivity contribution is 0.174. The molecule has 0 aliphatic heterocycles. The van der Waals surface area contributed by atoms with E-state index in [2.05, 4.69) is 10.6 Å². The van der Waals surface area contributed by atoms with Gasteiger partial charge in [0.2, 0.25) is 0 Å². The largest absolute Gasteiger partial charge is 0.489 e. The number of hydrogen-bond acceptors (Lipinski definition) is 3. The van der Waals surface area contributed by atoms with Crippen molar-refractivity contribution in [2.24, 2.45) is 5.92 Å². The number of ether oxygens (including phenoxy) is 1. The lowest BCUT2D eigenvalue weighted by Gasteiger charge is -2.27. The van der Waals surface area contributed by atoms with Crippen LogP contribution in [-0.4, -0.2) is 36.9 Å². The second-order valence-electron chi connectivity index (χ2n) is 5.72. The summed E-state index contributed by atoms with van der Waals surface area (Å²) in [6, 6.07) is 2.90. The van der Waals surface area contributed by atoms with Crippen LogP contribution in [0.4, 0.5) is 13.6 Å². The van der Waals surface area contributed by atoms with Crippen LogP contribution in [0.25, 0.3) is 0 Å². The number of amides is 2. The molecule has 1 saturated carbocycles. The molecule has 5 nitrogen and oxygen atoms in total. The van der Waals surface area contributed by atoms with Crippen molar-refractivity contribution in [3.63, 3.8) is 0 Å². The Morgan fingerprint density at radius 2 is 2.00 bits per heavy atom. The Kier molecular flexibility index (Phi) is 6.58. The number of benzene rings is 1. The second kappa shape index (κ2) is 8.67. The van der Waals surface area contributed by atoms with Gasteiger partial charge < -0.3 is 20.5 Å². The molecule has 2 amide bonds. The van der Waals surface area contributed by atoms with Gasteiger partial charge in [-0.15, -0.1) is 0 Å². The maximum atomic E-state index is 13.3. The third-order valence-electron chi connectivity index (χ3n) is 3.98. The second-order valence-corrected chi connectivity index (χ2v) is 5.72. The molecule has 1 aromatic rings. The number of urea groups is 1. The molecule has 1 aromatic carbocycles. The molecule has 1 aliphatic carbocycles. The molecule has 7 heteroatoms. The SMILES string of the molecule is O=C(NCCOc1ccc(F)cc1F)NC1CCC(CO)CC1. The number of carbonyl (C=O) groups is 1. The topological polar surface area (TPSA) is 70.6 Å². The molecule has 0 spiro atoms. The van der Waals surface area contributed by atoms with Crippen LogP contribution in [0.2, 0.25) is 0 Å². The van der Waals surface area contributed by atoms with Crippen LogP contribution in [-0.2, 0) is 0 Å². The molecule has 128 valence electrons. The normalized spacial score (nSPS) is 20.8. The molecular weight excluding hydrogens is 306 g/mol. The smallest absolute Gasteiger partial charge is 0.315 e. The summed E-state index contributed by atoms with van der Waals surface area (Å²) in [6.45, 7) is 0.512. The molecule has 0 atom stereocenters. The average molecular weight is 328 g/mol. The highest BCUT2D eigenvalue weighted by Gasteiger charge is 2.21. The van der Waals surface area contributed by atoms with Gasteiger partial charge in [0, 0.05) is 18.7 Å². The molecule has 0 heterocycles. The zero-order chi connectivity index (χ0) is 16.7. The highest BCUT2D eigenvalue weighted by atomic mass is 19.1. The van der Waals surface area contributed by atoms with Gasteiger partial charge in [-0.3, -0.25) is 0 Å². The van der Waals surface area contributed by atoms with Crippen molar-refractivity contribution in [1.82, 2.24) is 10.6 Å². The van der Waals surface area contributed by atoms with Gasteiger partial charge in [-0.1, -0.05) is 0 Å². The number of aliphatic hydroxyl groups is 1. The van der Waals surface area contributed by atoms with E-state index in [1.807, 2.05) is 0 Å². The molecule has 0 bridgehead atoms. The van der Waals surface area contributed by atoms with Crippen LogP contribution in [0.1, 0.15) is 25.7 Å². The molecule has 3 N–H and O–H groups in total. The van der Waals surface area contributed by atoms with E-state index in [9.17, 15) is 13.6 Å². The van der Waals surface area contributed by atoms with Crippen LogP contribution in [0.15, 0.2) is 18.2 Å². The monoisotopic (exact) mass is 328 g/mol. The quantitative estimate of drug-likeness (QED) is 0.701. The van der Waals surface area contributed by atoms with E-state index >= 15 is 0 Å². The van der Waals surface area contributed by atoms with Gasteiger partial charge in [-0.05, 0) is 43.7 Å². The van der Waals surface area contributed by atoms with Crippen molar-refractivity contribution in [2.75, 3.05) is 19.8 Å². The Morgan fingerprint density at radius 1 is 1.26 bits per heavy atom. The van der Waals surface area contributed by atoms with E-state index in [1.165, 1.54) is 6.07 Å². The van der Waals surface area contributed by atoms with Crippen LogP contribution in [0.3, 0.4) is 0 Å². The van der Waals surface area contributed by atoms with E-state index in [4.69, 9.17) is 9.84 Å². The Morgan fingerprint density at radius 3 is 2.65 bits per heavy atom. The molecule has 0 radical (unpaired) electrons. The summed E-state index contributed by atoms with van der Waals surface area (Å²) in [4.78, 5) is 11.7. The minimum absolute atomic E-state index is 0.0454. The fourth-order valence-electron chi connectivity index (χ4n) is 2.64. The summed E-state index contributed by atoms with van der Waals surface area (Å²) in [5.41, 5.74) is 0. The summed E-state index contributed by atoms with van der Waals surface area (Å²) in [5.74, 6) is -1.13. The van der Waals surface area contributed by atoms with E-state index in [0.717, 1.165) is 37.8 Å². The van der Waals surface area contributed by atoms with Gasteiger partial charge >= 0.3 is 6.03 Å². The standard InChI is InChI=1S/C16H22F2N2O3/c17-12-3-6-15(14(18)9-12)23-8-7-19-16(22)20-13-4-1-11(10-21)2-5-13/h3,6,9,11,13,21H,1-2,4-5,7-8,10H2,(H2,19,20,22). The lowest BCUT2D eigenvalue weighted by atomic mass is 9.87. The van der Waals surface area contributed by atoms with Gasteiger partial charge in [0.15, 0.2) is 11.6 Å².